The molecule has 1 aliphatic carbocycles. The first-order chi connectivity index (χ1) is 11.1. The second-order valence-electron chi connectivity index (χ2n) is 5.91. The van der Waals surface area contributed by atoms with Crippen molar-refractivity contribution in [3.63, 3.8) is 0 Å². The number of thiazole rings is 1. The maximum atomic E-state index is 6.08. The van der Waals surface area contributed by atoms with Gasteiger partial charge >= 0.3 is 0 Å². The van der Waals surface area contributed by atoms with Crippen LogP contribution in [0.25, 0.3) is 0 Å². The lowest BCUT2D eigenvalue weighted by atomic mass is 10.1. The molecule has 0 saturated heterocycles. The van der Waals surface area contributed by atoms with E-state index < -0.39 is 0 Å². The number of hydrogen-bond donors (Lipinski definition) is 1. The van der Waals surface area contributed by atoms with Crippen LogP contribution in [0.5, 0.6) is 0 Å². The lowest BCUT2D eigenvalue weighted by Crippen LogP contribution is -2.40. The van der Waals surface area contributed by atoms with Gasteiger partial charge in [0.1, 0.15) is 0 Å². The predicted octanol–water partition coefficient (Wildman–Crippen LogP) is 3.67. The van der Waals surface area contributed by atoms with Crippen molar-refractivity contribution in [1.82, 2.24) is 15.2 Å². The van der Waals surface area contributed by atoms with Crippen molar-refractivity contribution in [3.05, 3.63) is 50.9 Å². The van der Waals surface area contributed by atoms with Gasteiger partial charge in [-0.2, -0.15) is 0 Å². The fourth-order valence-corrected chi connectivity index (χ4v) is 3.57. The van der Waals surface area contributed by atoms with Crippen molar-refractivity contribution in [2.24, 2.45) is 4.99 Å². The summed E-state index contributed by atoms with van der Waals surface area (Å²) in [5.74, 6) is 1.42. The maximum absolute atomic E-state index is 6.08. The van der Waals surface area contributed by atoms with Crippen molar-refractivity contribution in [2.75, 3.05) is 14.1 Å². The third-order valence-electron chi connectivity index (χ3n) is 4.02. The topological polar surface area (TPSA) is 40.5 Å². The molecule has 1 aromatic heterocycles. The first-order valence-electron chi connectivity index (χ1n) is 7.67. The zero-order valence-electron chi connectivity index (χ0n) is 13.6. The molecule has 2 aromatic rings. The molecule has 1 heterocycles. The van der Waals surface area contributed by atoms with E-state index >= 15 is 0 Å². The number of nitrogens with one attached hydrogen (secondary N) is 1. The Labute approximate surface area is 146 Å². The second-order valence-corrected chi connectivity index (χ2v) is 7.41. The molecular weight excluding hydrogens is 328 g/mol. The van der Waals surface area contributed by atoms with Crippen LogP contribution >= 0.6 is 22.9 Å². The van der Waals surface area contributed by atoms with E-state index in [1.165, 1.54) is 5.56 Å². The van der Waals surface area contributed by atoms with Crippen molar-refractivity contribution < 1.29 is 0 Å². The van der Waals surface area contributed by atoms with Crippen molar-refractivity contribution in [1.29, 1.82) is 0 Å². The average Bonchev–Trinajstić information content (AvgIpc) is 3.18. The Morgan fingerprint density at radius 1 is 1.52 bits per heavy atom. The molecule has 1 fully saturated rings. The molecule has 0 radical (unpaired) electrons. The molecule has 23 heavy (non-hydrogen) atoms. The Kier molecular flexibility index (Phi) is 4.87. The van der Waals surface area contributed by atoms with E-state index in [-0.39, 0.29) is 0 Å². The third kappa shape index (κ3) is 4.03. The summed E-state index contributed by atoms with van der Waals surface area (Å²) in [5, 5.41) is 7.54. The summed E-state index contributed by atoms with van der Waals surface area (Å²) < 4.78 is 0. The second kappa shape index (κ2) is 6.89. The van der Waals surface area contributed by atoms with E-state index in [0.29, 0.717) is 12.0 Å². The van der Waals surface area contributed by atoms with Gasteiger partial charge in [-0.3, -0.25) is 4.99 Å². The minimum absolute atomic E-state index is 0.423. The average molecular weight is 349 g/mol. The molecule has 6 heteroatoms. The van der Waals surface area contributed by atoms with Gasteiger partial charge in [0, 0.05) is 36.5 Å². The van der Waals surface area contributed by atoms with E-state index in [1.807, 2.05) is 33.2 Å². The van der Waals surface area contributed by atoms with E-state index in [4.69, 9.17) is 11.6 Å². The first-order valence-corrected chi connectivity index (χ1v) is 8.93. The normalized spacial score (nSPS) is 20.4. The highest BCUT2D eigenvalue weighted by atomic mass is 35.5. The van der Waals surface area contributed by atoms with Gasteiger partial charge in [0.25, 0.3) is 0 Å². The molecule has 0 aliphatic heterocycles. The lowest BCUT2D eigenvalue weighted by Gasteiger charge is -2.21. The van der Waals surface area contributed by atoms with Gasteiger partial charge in [-0.1, -0.05) is 23.7 Å². The van der Waals surface area contributed by atoms with Crippen LogP contribution in [-0.4, -0.2) is 36.0 Å². The fourth-order valence-electron chi connectivity index (χ4n) is 2.77. The quantitative estimate of drug-likeness (QED) is 0.677. The Balaban J connectivity index is 1.58. The SMILES string of the molecule is CN=C(NC1CC1c1cccc(Cl)c1)N(C)Cc1csc(C)n1. The minimum atomic E-state index is 0.423. The highest BCUT2D eigenvalue weighted by molar-refractivity contribution is 7.09. The van der Waals surface area contributed by atoms with Crippen molar-refractivity contribution in [2.45, 2.75) is 31.8 Å². The summed E-state index contributed by atoms with van der Waals surface area (Å²) in [5.41, 5.74) is 2.38. The molecule has 1 N–H and O–H groups in total. The molecule has 3 rings (SSSR count). The zero-order chi connectivity index (χ0) is 16.4. The van der Waals surface area contributed by atoms with Crippen LogP contribution < -0.4 is 5.32 Å². The van der Waals surface area contributed by atoms with E-state index in [1.54, 1.807) is 11.3 Å². The van der Waals surface area contributed by atoms with Crippen LogP contribution in [0.4, 0.5) is 0 Å². The third-order valence-corrected chi connectivity index (χ3v) is 5.08. The number of nitrogens with zero attached hydrogens (tertiary/aromatic N) is 3. The number of guanidine groups is 1. The molecule has 1 aromatic carbocycles. The van der Waals surface area contributed by atoms with Gasteiger partial charge in [0.2, 0.25) is 0 Å². The van der Waals surface area contributed by atoms with Crippen LogP contribution in [-0.2, 0) is 6.54 Å². The van der Waals surface area contributed by atoms with Crippen LogP contribution in [0.2, 0.25) is 5.02 Å². The highest BCUT2D eigenvalue weighted by Gasteiger charge is 2.39. The van der Waals surface area contributed by atoms with Gasteiger partial charge in [0.15, 0.2) is 5.96 Å². The summed E-state index contributed by atoms with van der Waals surface area (Å²) in [6.45, 7) is 2.79. The Morgan fingerprint density at radius 2 is 2.35 bits per heavy atom. The summed E-state index contributed by atoms with van der Waals surface area (Å²) in [4.78, 5) is 11.0. The van der Waals surface area contributed by atoms with Gasteiger partial charge < -0.3 is 10.2 Å². The Bertz CT molecular complexity index is 712. The molecule has 2 atom stereocenters. The summed E-state index contributed by atoms with van der Waals surface area (Å²) in [6.07, 6.45) is 1.11. The molecule has 0 spiro atoms. The number of aliphatic imine (C=N–C) groups is 1. The Morgan fingerprint density at radius 3 is 3.00 bits per heavy atom. The van der Waals surface area contributed by atoms with Crippen molar-refractivity contribution in [3.8, 4) is 0 Å². The van der Waals surface area contributed by atoms with Crippen LogP contribution in [0.3, 0.4) is 0 Å². The minimum Gasteiger partial charge on any atom is -0.353 e. The van der Waals surface area contributed by atoms with E-state index in [0.717, 1.165) is 34.6 Å². The lowest BCUT2D eigenvalue weighted by molar-refractivity contribution is 0.469. The largest absolute Gasteiger partial charge is 0.353 e. The summed E-state index contributed by atoms with van der Waals surface area (Å²) in [7, 11) is 3.86. The molecule has 1 aliphatic rings. The molecule has 122 valence electrons. The molecule has 0 amide bonds. The molecular formula is C17H21ClN4S. The molecule has 2 unspecified atom stereocenters. The molecule has 4 nitrogen and oxygen atoms in total. The van der Waals surface area contributed by atoms with Gasteiger partial charge in [-0.15, -0.1) is 11.3 Å². The number of rotatable bonds is 4. The molecule has 1 saturated carbocycles. The monoisotopic (exact) mass is 348 g/mol. The fraction of sp³-hybridized carbons (Fsp3) is 0.412. The zero-order valence-corrected chi connectivity index (χ0v) is 15.2. The standard InChI is InChI=1S/C17H21ClN4S/c1-11-20-14(10-23-11)9-22(3)17(19-2)21-16-8-15(16)12-5-4-6-13(18)7-12/h4-7,10,15-16H,8-9H2,1-3H3,(H,19,21). The first kappa shape index (κ1) is 16.3. The number of benzene rings is 1. The number of hydrogen-bond acceptors (Lipinski definition) is 3. The van der Waals surface area contributed by atoms with Crippen LogP contribution in [0, 0.1) is 6.92 Å². The predicted molar refractivity (Wildman–Crippen MR) is 97.4 cm³/mol. The molecule has 0 bridgehead atoms. The van der Waals surface area contributed by atoms with Crippen LogP contribution in [0.15, 0.2) is 34.6 Å². The number of aryl methyl sites for hydroxylation is 1. The Hall–Kier alpha value is -1.59. The number of halogens is 1. The summed E-state index contributed by atoms with van der Waals surface area (Å²) in [6, 6.07) is 8.55. The summed E-state index contributed by atoms with van der Waals surface area (Å²) >= 11 is 7.76. The van der Waals surface area contributed by atoms with Crippen molar-refractivity contribution >= 4 is 28.9 Å². The maximum Gasteiger partial charge on any atom is 0.193 e. The van der Waals surface area contributed by atoms with Gasteiger partial charge in [-0.05, 0) is 31.0 Å². The van der Waals surface area contributed by atoms with E-state index in [2.05, 4.69) is 37.7 Å². The van der Waals surface area contributed by atoms with Crippen LogP contribution in [0.1, 0.15) is 28.6 Å². The van der Waals surface area contributed by atoms with Gasteiger partial charge in [-0.25, -0.2) is 4.98 Å². The highest BCUT2D eigenvalue weighted by Crippen LogP contribution is 2.41. The van der Waals surface area contributed by atoms with E-state index in [9.17, 15) is 0 Å². The number of aromatic nitrogens is 1. The smallest absolute Gasteiger partial charge is 0.193 e. The van der Waals surface area contributed by atoms with Gasteiger partial charge in [0.05, 0.1) is 17.2 Å².